The fraction of sp³-hybridized carbons (Fsp3) is 0.667. The molecule has 0 aromatic heterocycles. The van der Waals surface area contributed by atoms with E-state index in [1.807, 2.05) is 52.0 Å². The molecule has 1 aromatic carbocycles. The number of esters is 1. The molecule has 3 unspecified atom stereocenters. The summed E-state index contributed by atoms with van der Waals surface area (Å²) in [5, 5.41) is 0. The molecule has 11 nitrogen and oxygen atoms in total. The number of rotatable bonds is 25. The number of carbonyl (C=O) groups is 2. The lowest BCUT2D eigenvalue weighted by molar-refractivity contribution is -0.263. The molecule has 4 bridgehead atoms. The van der Waals surface area contributed by atoms with E-state index >= 15 is 0 Å². The lowest BCUT2D eigenvalue weighted by Gasteiger charge is -2.49. The van der Waals surface area contributed by atoms with Crippen molar-refractivity contribution in [1.82, 2.24) is 0 Å². The van der Waals surface area contributed by atoms with Crippen molar-refractivity contribution in [3.05, 3.63) is 83.0 Å². The summed E-state index contributed by atoms with van der Waals surface area (Å²) >= 11 is 0. The molecule has 0 saturated carbocycles. The van der Waals surface area contributed by atoms with Gasteiger partial charge in [0.2, 0.25) is 5.78 Å². The summed E-state index contributed by atoms with van der Waals surface area (Å²) in [5.41, 5.74) is 10.3. The fourth-order valence-corrected chi connectivity index (χ4v) is 12.7. The summed E-state index contributed by atoms with van der Waals surface area (Å²) in [4.78, 5) is 31.4. The molecule has 0 spiro atoms. The summed E-state index contributed by atoms with van der Waals surface area (Å²) in [7, 11) is 2.78. The molecule has 2 aliphatic carbocycles. The van der Waals surface area contributed by atoms with Crippen molar-refractivity contribution in [3.8, 4) is 5.75 Å². The zero-order chi connectivity index (χ0) is 46.3. The van der Waals surface area contributed by atoms with E-state index in [9.17, 15) is 15.1 Å². The lowest BCUT2D eigenvalue weighted by atomic mass is 9.61. The quantitative estimate of drug-likeness (QED) is 0.0137. The van der Waals surface area contributed by atoms with Gasteiger partial charge in [-0.1, -0.05) is 82.2 Å². The topological polar surface area (TPSA) is 135 Å². The van der Waals surface area contributed by atoms with Crippen molar-refractivity contribution in [2.75, 3.05) is 34.5 Å². The van der Waals surface area contributed by atoms with E-state index in [0.717, 1.165) is 79.6 Å². The Kier molecular flexibility index (Phi) is 20.0. The first-order chi connectivity index (χ1) is 30.2. The van der Waals surface area contributed by atoms with Crippen molar-refractivity contribution < 1.29 is 47.2 Å². The minimum absolute atomic E-state index is 0.0132. The maximum atomic E-state index is 14.6. The molecule has 1 heterocycles. The summed E-state index contributed by atoms with van der Waals surface area (Å²) < 4.78 is 46.3. The van der Waals surface area contributed by atoms with E-state index in [2.05, 4.69) is 68.9 Å². The molecule has 7 atom stereocenters. The molecule has 0 radical (unpaired) electrons. The van der Waals surface area contributed by atoms with Crippen LogP contribution in [-0.2, 0) is 37.7 Å². The number of carbonyl (C=O) groups excluding carboxylic acids is 2. The Morgan fingerprint density at radius 1 is 0.968 bits per heavy atom. The number of hydrogen-bond acceptors (Lipinski definition) is 9. The van der Waals surface area contributed by atoms with E-state index in [-0.39, 0.29) is 49.1 Å². The molecule has 1 aliphatic heterocycles. The number of ether oxygens (including phenoxy) is 6. The van der Waals surface area contributed by atoms with Crippen LogP contribution in [0.3, 0.4) is 0 Å². The Bertz CT molecular complexity index is 1790. The second-order valence-electron chi connectivity index (χ2n) is 18.6. The highest BCUT2D eigenvalue weighted by molar-refractivity contribution is 6.73. The maximum Gasteiger partial charge on any atom is 0.324 e. The molecule has 1 saturated heterocycles. The first-order valence-corrected chi connectivity index (χ1v) is 26.0. The van der Waals surface area contributed by atoms with Crippen LogP contribution in [0.1, 0.15) is 125 Å². The van der Waals surface area contributed by atoms with Crippen molar-refractivity contribution in [3.63, 3.8) is 0 Å². The van der Waals surface area contributed by atoms with Crippen LogP contribution in [-0.4, -0.2) is 83.6 Å². The van der Waals surface area contributed by atoms with Crippen LogP contribution in [0.15, 0.2) is 71.9 Å². The van der Waals surface area contributed by atoms with Crippen LogP contribution in [0.5, 0.6) is 5.75 Å². The minimum atomic E-state index is -2.29. The number of Topliss-reactive ketones (excluding diaryl/α,β-unsaturated/α-hetero) is 1. The van der Waals surface area contributed by atoms with Gasteiger partial charge in [-0.25, -0.2) is 0 Å². The molecule has 4 rings (SSSR count). The number of methoxy groups -OCH3 is 3. The SMILES string of the molecule is C/C=C/CCCCC[C@@H]1C=C2C3OC(c4ccc(OC)cc4)OC[C@@]2(C(=O)C=[N+]=[N-])CC=C(COC(=O)C(C)(C)C)C3[C@H]1C[C@@H](O[Si](CC)(CC)CC)C(CC/C=C/C)(OC)OC. The number of hydrogen-bond donors (Lipinski definition) is 0. The molecule has 0 amide bonds. The Hall–Kier alpha value is -3.48. The Morgan fingerprint density at radius 3 is 2.22 bits per heavy atom. The van der Waals surface area contributed by atoms with Crippen LogP contribution in [0.2, 0.25) is 18.1 Å². The Balaban J connectivity index is 2.04. The molecular weight excluding hydrogens is 813 g/mol. The Morgan fingerprint density at radius 2 is 1.63 bits per heavy atom. The van der Waals surface area contributed by atoms with Gasteiger partial charge in [0, 0.05) is 32.1 Å². The van der Waals surface area contributed by atoms with Gasteiger partial charge < -0.3 is 38.4 Å². The molecule has 1 fully saturated rings. The third kappa shape index (κ3) is 12.5. The van der Waals surface area contributed by atoms with Gasteiger partial charge in [0.1, 0.15) is 12.4 Å². The fourth-order valence-electron chi connectivity index (χ4n) is 9.86. The minimum Gasteiger partial charge on any atom is -0.497 e. The monoisotopic (exact) mass is 891 g/mol. The van der Waals surface area contributed by atoms with Crippen LogP contribution < -0.4 is 4.74 Å². The van der Waals surface area contributed by atoms with Gasteiger partial charge in [0.25, 0.3) is 0 Å². The largest absolute Gasteiger partial charge is 0.497 e. The third-order valence-corrected chi connectivity index (χ3v) is 18.7. The number of nitrogens with zero attached hydrogens (tertiary/aromatic N) is 2. The van der Waals surface area contributed by atoms with Crippen molar-refractivity contribution in [2.45, 2.75) is 156 Å². The normalized spacial score (nSPS) is 24.5. The maximum absolute atomic E-state index is 14.6. The molecular formula is C51H78N2O9Si. The number of allylic oxidation sites excluding steroid dienone is 6. The second-order valence-corrected chi connectivity index (χ2v) is 23.3. The van der Waals surface area contributed by atoms with Gasteiger partial charge in [0.15, 0.2) is 20.4 Å². The van der Waals surface area contributed by atoms with Crippen molar-refractivity contribution in [2.24, 2.45) is 28.6 Å². The third-order valence-electron chi connectivity index (χ3n) is 14.0. The van der Waals surface area contributed by atoms with Gasteiger partial charge in [0.05, 0.1) is 36.8 Å². The predicted octanol–water partition coefficient (Wildman–Crippen LogP) is 11.3. The van der Waals surface area contributed by atoms with Crippen molar-refractivity contribution in [1.29, 1.82) is 0 Å². The highest BCUT2D eigenvalue weighted by Crippen LogP contribution is 2.56. The molecule has 350 valence electrons. The van der Waals surface area contributed by atoms with Crippen molar-refractivity contribution >= 4 is 26.3 Å². The van der Waals surface area contributed by atoms with E-state index in [1.165, 1.54) is 0 Å². The zero-order valence-electron chi connectivity index (χ0n) is 40.3. The van der Waals surface area contributed by atoms with Crippen LogP contribution >= 0.6 is 0 Å². The lowest BCUT2D eigenvalue weighted by Crippen LogP contribution is -2.55. The zero-order valence-corrected chi connectivity index (χ0v) is 41.3. The summed E-state index contributed by atoms with van der Waals surface area (Å²) in [6, 6.07) is 10.4. The second kappa shape index (κ2) is 24.2. The number of ketones is 1. The molecule has 63 heavy (non-hydrogen) atoms. The van der Waals surface area contributed by atoms with Gasteiger partial charge in [-0.3, -0.25) is 9.59 Å². The van der Waals surface area contributed by atoms with E-state index in [0.29, 0.717) is 18.6 Å². The predicted molar refractivity (Wildman–Crippen MR) is 251 cm³/mol. The summed E-state index contributed by atoms with van der Waals surface area (Å²) in [6.07, 6.45) is 18.9. The van der Waals surface area contributed by atoms with Crippen LogP contribution in [0, 0.1) is 28.6 Å². The average Bonchev–Trinajstić information content (AvgIpc) is 3.50. The average molecular weight is 891 g/mol. The summed E-state index contributed by atoms with van der Waals surface area (Å²) in [5.74, 6) is -1.62. The first-order valence-electron chi connectivity index (χ1n) is 23.4. The van der Waals surface area contributed by atoms with E-state index in [1.54, 1.807) is 21.3 Å². The molecule has 12 heteroatoms. The smallest absolute Gasteiger partial charge is 0.324 e. The summed E-state index contributed by atoms with van der Waals surface area (Å²) in [6.45, 7) is 16.4. The van der Waals surface area contributed by atoms with Crippen LogP contribution in [0.25, 0.3) is 5.53 Å². The van der Waals surface area contributed by atoms with E-state index < -0.39 is 43.4 Å². The molecule has 1 aromatic rings. The molecule has 3 aliphatic rings. The molecule has 0 N–H and O–H groups in total. The van der Waals surface area contributed by atoms with Crippen LogP contribution in [0.4, 0.5) is 0 Å². The van der Waals surface area contributed by atoms with Gasteiger partial charge in [-0.2, -0.15) is 4.79 Å². The highest BCUT2D eigenvalue weighted by atomic mass is 28.4. The van der Waals surface area contributed by atoms with Gasteiger partial charge in [-0.05, 0) is 126 Å². The standard InChI is InChI=1S/C51H78N2O9Si/c1-12-17-19-20-21-22-24-38-32-42-46-45(41(38)33-44(62-63(14-3,15-4)16-5)51(57-10,58-11)30-23-18-13-2)39(35-59-48(55)49(6,7)8)29-31-50(42,43(54)34-53-52)36-60-47(61-46)37-25-27-40(56-9)28-26-37/h12-13,17-18,25-29,32,34,38,41,44-47H,14-16,19-24,30-31,33,35-36H2,1-11H3/b17-12+,18-13+/t38-,41+,44-,45?,46?,47?,50+/m1/s1. The first kappa shape index (κ1) is 52.1. The number of benzene rings is 1. The van der Waals surface area contributed by atoms with Gasteiger partial charge in [-0.15, -0.1) is 0 Å². The van der Waals surface area contributed by atoms with Gasteiger partial charge >= 0.3 is 12.2 Å². The number of unbranched alkanes of at least 4 members (excludes halogenated alkanes) is 3. The Labute approximate surface area is 379 Å². The van der Waals surface area contributed by atoms with E-state index in [4.69, 9.17) is 32.8 Å². The highest BCUT2D eigenvalue weighted by Gasteiger charge is 2.58.